The van der Waals surface area contributed by atoms with Crippen LogP contribution in [0.15, 0.2) is 11.6 Å². The van der Waals surface area contributed by atoms with E-state index in [1.165, 1.54) is 5.57 Å². The Morgan fingerprint density at radius 1 is 1.67 bits per heavy atom. The zero-order chi connectivity index (χ0) is 11.3. The van der Waals surface area contributed by atoms with Gasteiger partial charge in [-0.15, -0.1) is 0 Å². The first kappa shape index (κ1) is 12.2. The van der Waals surface area contributed by atoms with Crippen molar-refractivity contribution in [3.05, 3.63) is 11.6 Å². The maximum absolute atomic E-state index is 11.8. The molecule has 1 N–H and O–H groups in total. The Hall–Kier alpha value is -0.830. The molecule has 1 aliphatic rings. The number of carbonyl (C=O) groups is 1. The number of amides is 1. The Bertz CT molecular complexity index is 248. The van der Waals surface area contributed by atoms with Crippen molar-refractivity contribution in [3.63, 3.8) is 0 Å². The van der Waals surface area contributed by atoms with Crippen LogP contribution in [0.2, 0.25) is 0 Å². The van der Waals surface area contributed by atoms with Crippen molar-refractivity contribution in [2.75, 3.05) is 19.6 Å². The molecule has 0 saturated heterocycles. The highest BCUT2D eigenvalue weighted by atomic mass is 16.2. The third-order valence-electron chi connectivity index (χ3n) is 2.82. The van der Waals surface area contributed by atoms with Crippen LogP contribution in [-0.4, -0.2) is 36.5 Å². The third-order valence-corrected chi connectivity index (χ3v) is 2.82. The number of hydrogen-bond donors (Lipinski definition) is 1. The van der Waals surface area contributed by atoms with Crippen LogP contribution < -0.4 is 5.32 Å². The Labute approximate surface area is 92.5 Å². The van der Waals surface area contributed by atoms with E-state index < -0.39 is 0 Å². The standard InChI is InChI=1S/C12H22N2O/c1-4-13-11(3)9-12(15)14-7-5-10(2)6-8-14/h5,11,13H,4,6-9H2,1-3H3. The summed E-state index contributed by atoms with van der Waals surface area (Å²) in [4.78, 5) is 13.8. The number of hydrogen-bond acceptors (Lipinski definition) is 2. The summed E-state index contributed by atoms with van der Waals surface area (Å²) < 4.78 is 0. The van der Waals surface area contributed by atoms with E-state index in [0.29, 0.717) is 6.42 Å². The lowest BCUT2D eigenvalue weighted by molar-refractivity contribution is -0.131. The van der Waals surface area contributed by atoms with Crippen LogP contribution in [0, 0.1) is 0 Å². The Morgan fingerprint density at radius 2 is 2.40 bits per heavy atom. The molecule has 1 aliphatic heterocycles. The highest BCUT2D eigenvalue weighted by Gasteiger charge is 2.17. The number of nitrogens with one attached hydrogen (secondary N) is 1. The van der Waals surface area contributed by atoms with E-state index >= 15 is 0 Å². The maximum Gasteiger partial charge on any atom is 0.224 e. The predicted octanol–water partition coefficient (Wildman–Crippen LogP) is 1.55. The summed E-state index contributed by atoms with van der Waals surface area (Å²) in [6.45, 7) is 8.86. The Balaban J connectivity index is 2.35. The molecule has 1 heterocycles. The smallest absolute Gasteiger partial charge is 0.224 e. The maximum atomic E-state index is 11.8. The molecule has 0 aromatic heterocycles. The number of nitrogens with zero attached hydrogens (tertiary/aromatic N) is 1. The molecule has 86 valence electrons. The second-order valence-corrected chi connectivity index (χ2v) is 4.30. The summed E-state index contributed by atoms with van der Waals surface area (Å²) in [5, 5.41) is 3.26. The van der Waals surface area contributed by atoms with Gasteiger partial charge in [-0.2, -0.15) is 0 Å². The predicted molar refractivity (Wildman–Crippen MR) is 62.7 cm³/mol. The Kier molecular flexibility index (Phi) is 4.82. The summed E-state index contributed by atoms with van der Waals surface area (Å²) >= 11 is 0. The van der Waals surface area contributed by atoms with Gasteiger partial charge in [0.2, 0.25) is 5.91 Å². The first-order chi connectivity index (χ1) is 7.13. The van der Waals surface area contributed by atoms with Gasteiger partial charge in [0.1, 0.15) is 0 Å². The van der Waals surface area contributed by atoms with Gasteiger partial charge in [0.15, 0.2) is 0 Å². The van der Waals surface area contributed by atoms with Gasteiger partial charge in [-0.1, -0.05) is 18.6 Å². The lowest BCUT2D eigenvalue weighted by Gasteiger charge is -2.26. The van der Waals surface area contributed by atoms with Crippen LogP contribution >= 0.6 is 0 Å². The summed E-state index contributed by atoms with van der Waals surface area (Å²) in [6.07, 6.45) is 3.79. The topological polar surface area (TPSA) is 32.3 Å². The average molecular weight is 210 g/mol. The number of carbonyl (C=O) groups excluding carboxylic acids is 1. The SMILES string of the molecule is CCNC(C)CC(=O)N1CC=C(C)CC1. The first-order valence-electron chi connectivity index (χ1n) is 5.80. The van der Waals surface area contributed by atoms with Crippen LogP contribution in [0.1, 0.15) is 33.6 Å². The van der Waals surface area contributed by atoms with Gasteiger partial charge in [-0.3, -0.25) is 4.79 Å². The number of rotatable bonds is 4. The van der Waals surface area contributed by atoms with Crippen molar-refractivity contribution in [1.82, 2.24) is 10.2 Å². The largest absolute Gasteiger partial charge is 0.339 e. The molecule has 0 saturated carbocycles. The lowest BCUT2D eigenvalue weighted by atomic mass is 10.1. The minimum Gasteiger partial charge on any atom is -0.339 e. The molecule has 0 radical (unpaired) electrons. The minimum absolute atomic E-state index is 0.271. The van der Waals surface area contributed by atoms with Crippen molar-refractivity contribution in [3.8, 4) is 0 Å². The zero-order valence-electron chi connectivity index (χ0n) is 10.0. The molecule has 0 spiro atoms. The molecule has 0 aromatic rings. The zero-order valence-corrected chi connectivity index (χ0v) is 10.0. The molecule has 1 unspecified atom stereocenters. The van der Waals surface area contributed by atoms with Crippen molar-refractivity contribution >= 4 is 5.91 Å². The minimum atomic E-state index is 0.271. The van der Waals surface area contributed by atoms with Crippen LogP contribution in [0.5, 0.6) is 0 Å². The van der Waals surface area contributed by atoms with E-state index in [2.05, 4.69) is 32.2 Å². The van der Waals surface area contributed by atoms with Crippen LogP contribution in [0.3, 0.4) is 0 Å². The molecule has 1 rings (SSSR count). The van der Waals surface area contributed by atoms with E-state index in [0.717, 1.165) is 26.1 Å². The molecule has 0 fully saturated rings. The molecule has 15 heavy (non-hydrogen) atoms. The molecule has 1 amide bonds. The van der Waals surface area contributed by atoms with Gasteiger partial charge in [-0.05, 0) is 26.8 Å². The second kappa shape index (κ2) is 5.91. The van der Waals surface area contributed by atoms with Crippen molar-refractivity contribution in [2.45, 2.75) is 39.7 Å². The molecule has 1 atom stereocenters. The van der Waals surface area contributed by atoms with E-state index in [4.69, 9.17) is 0 Å². The summed E-state index contributed by atoms with van der Waals surface area (Å²) in [6, 6.07) is 0.287. The van der Waals surface area contributed by atoms with E-state index in [1.807, 2.05) is 4.90 Å². The first-order valence-corrected chi connectivity index (χ1v) is 5.80. The second-order valence-electron chi connectivity index (χ2n) is 4.30. The van der Waals surface area contributed by atoms with Gasteiger partial charge < -0.3 is 10.2 Å². The molecule has 0 aromatic carbocycles. The summed E-state index contributed by atoms with van der Waals surface area (Å²) in [5.41, 5.74) is 1.40. The average Bonchev–Trinajstić information content (AvgIpc) is 2.18. The van der Waals surface area contributed by atoms with Crippen molar-refractivity contribution in [2.24, 2.45) is 0 Å². The molecule has 0 bridgehead atoms. The van der Waals surface area contributed by atoms with Gasteiger partial charge in [0.05, 0.1) is 0 Å². The summed E-state index contributed by atoms with van der Waals surface area (Å²) in [5.74, 6) is 0.271. The highest BCUT2D eigenvalue weighted by Crippen LogP contribution is 2.11. The van der Waals surface area contributed by atoms with Gasteiger partial charge >= 0.3 is 0 Å². The third kappa shape index (κ3) is 4.04. The molecular weight excluding hydrogens is 188 g/mol. The van der Waals surface area contributed by atoms with Crippen molar-refractivity contribution in [1.29, 1.82) is 0 Å². The fraction of sp³-hybridized carbons (Fsp3) is 0.750. The lowest BCUT2D eigenvalue weighted by Crippen LogP contribution is -2.39. The van der Waals surface area contributed by atoms with Gasteiger partial charge in [-0.25, -0.2) is 0 Å². The van der Waals surface area contributed by atoms with Gasteiger partial charge in [0.25, 0.3) is 0 Å². The van der Waals surface area contributed by atoms with Crippen LogP contribution in [-0.2, 0) is 4.79 Å². The normalized spacial score (nSPS) is 18.6. The quantitative estimate of drug-likeness (QED) is 0.714. The van der Waals surface area contributed by atoms with E-state index in [-0.39, 0.29) is 11.9 Å². The molecule has 3 nitrogen and oxygen atoms in total. The molecule has 0 aliphatic carbocycles. The fourth-order valence-electron chi connectivity index (χ4n) is 1.81. The fourth-order valence-corrected chi connectivity index (χ4v) is 1.81. The molecule has 3 heteroatoms. The van der Waals surface area contributed by atoms with Crippen LogP contribution in [0.4, 0.5) is 0 Å². The molecular formula is C12H22N2O. The Morgan fingerprint density at radius 3 is 2.93 bits per heavy atom. The summed E-state index contributed by atoms with van der Waals surface area (Å²) in [7, 11) is 0. The van der Waals surface area contributed by atoms with E-state index in [9.17, 15) is 4.79 Å². The highest BCUT2D eigenvalue weighted by molar-refractivity contribution is 5.77. The van der Waals surface area contributed by atoms with Crippen LogP contribution in [0.25, 0.3) is 0 Å². The monoisotopic (exact) mass is 210 g/mol. The van der Waals surface area contributed by atoms with E-state index in [1.54, 1.807) is 0 Å². The van der Waals surface area contributed by atoms with Crippen molar-refractivity contribution < 1.29 is 4.79 Å². The van der Waals surface area contributed by atoms with Gasteiger partial charge in [0, 0.05) is 25.6 Å².